The normalized spacial score (nSPS) is 12.6. The molecular weight excluding hydrogens is 224 g/mol. The van der Waals surface area contributed by atoms with Crippen LogP contribution in [0.4, 0.5) is 0 Å². The number of ether oxygens (including phenoxy) is 1. The Morgan fingerprint density at radius 1 is 1.38 bits per heavy atom. The van der Waals surface area contributed by atoms with Gasteiger partial charge in [-0.3, -0.25) is 0 Å². The summed E-state index contributed by atoms with van der Waals surface area (Å²) >= 11 is 6.17. The van der Waals surface area contributed by atoms with Crippen LogP contribution in [-0.4, -0.2) is 13.2 Å². The maximum Gasteiger partial charge on any atom is 0.141 e. The molecule has 0 saturated carbocycles. The predicted octanol–water partition coefficient (Wildman–Crippen LogP) is 2.31. The van der Waals surface area contributed by atoms with Gasteiger partial charge in [0.1, 0.15) is 5.75 Å². The van der Waals surface area contributed by atoms with E-state index < -0.39 is 0 Å². The molecule has 90 valence electrons. The highest BCUT2D eigenvalue weighted by atomic mass is 35.5. The summed E-state index contributed by atoms with van der Waals surface area (Å²) in [5, 5.41) is 0.601. The number of nitrogens with two attached hydrogens (primary N) is 2. The minimum Gasteiger partial charge on any atom is -0.492 e. The van der Waals surface area contributed by atoms with Gasteiger partial charge in [0.05, 0.1) is 11.6 Å². The highest BCUT2D eigenvalue weighted by Crippen LogP contribution is 2.34. The van der Waals surface area contributed by atoms with Gasteiger partial charge in [-0.15, -0.1) is 0 Å². The third kappa shape index (κ3) is 2.48. The minimum absolute atomic E-state index is 0.174. The largest absolute Gasteiger partial charge is 0.492 e. The zero-order valence-corrected chi connectivity index (χ0v) is 10.8. The van der Waals surface area contributed by atoms with Crippen LogP contribution in [0, 0.1) is 13.8 Å². The fraction of sp³-hybridized carbons (Fsp3) is 0.500. The maximum absolute atomic E-state index is 6.17. The summed E-state index contributed by atoms with van der Waals surface area (Å²) in [6, 6.07) is 1.68. The molecule has 0 radical (unpaired) electrons. The van der Waals surface area contributed by atoms with Crippen molar-refractivity contribution in [2.24, 2.45) is 11.5 Å². The van der Waals surface area contributed by atoms with Gasteiger partial charge in [-0.1, -0.05) is 11.6 Å². The van der Waals surface area contributed by atoms with Crippen molar-refractivity contribution in [1.82, 2.24) is 0 Å². The summed E-state index contributed by atoms with van der Waals surface area (Å²) in [4.78, 5) is 0. The molecule has 1 aromatic rings. The molecular formula is C12H19ClN2O. The molecule has 0 bridgehead atoms. The number of benzene rings is 1. The average molecular weight is 243 g/mol. The van der Waals surface area contributed by atoms with E-state index >= 15 is 0 Å². The maximum atomic E-state index is 6.17. The summed E-state index contributed by atoms with van der Waals surface area (Å²) in [7, 11) is 0. The molecule has 3 nitrogen and oxygen atoms in total. The van der Waals surface area contributed by atoms with E-state index in [2.05, 4.69) is 0 Å². The lowest BCUT2D eigenvalue weighted by molar-refractivity contribution is 0.337. The lowest BCUT2D eigenvalue weighted by atomic mass is 9.97. The molecule has 0 heterocycles. The molecule has 1 atom stereocenters. The first-order valence-corrected chi connectivity index (χ1v) is 5.78. The number of halogens is 1. The van der Waals surface area contributed by atoms with Crippen LogP contribution < -0.4 is 16.2 Å². The molecule has 0 amide bonds. The van der Waals surface area contributed by atoms with Crippen LogP contribution in [-0.2, 0) is 0 Å². The van der Waals surface area contributed by atoms with Crippen molar-refractivity contribution in [1.29, 1.82) is 0 Å². The van der Waals surface area contributed by atoms with E-state index in [-0.39, 0.29) is 6.04 Å². The van der Waals surface area contributed by atoms with Crippen LogP contribution in [0.5, 0.6) is 5.75 Å². The Kier molecular flexibility index (Phi) is 4.59. The van der Waals surface area contributed by atoms with Crippen LogP contribution >= 0.6 is 11.6 Å². The van der Waals surface area contributed by atoms with E-state index in [1.165, 1.54) is 0 Å². The monoisotopic (exact) mass is 242 g/mol. The molecule has 1 rings (SSSR count). The Balaban J connectivity index is 3.27. The molecule has 16 heavy (non-hydrogen) atoms. The average Bonchev–Trinajstić information content (AvgIpc) is 2.28. The molecule has 0 fully saturated rings. The molecule has 0 aliphatic heterocycles. The Bertz CT molecular complexity index is 380. The second-order valence-corrected chi connectivity index (χ2v) is 4.21. The number of rotatable bonds is 4. The zero-order valence-electron chi connectivity index (χ0n) is 10.0. The third-order valence-corrected chi connectivity index (χ3v) is 3.06. The van der Waals surface area contributed by atoms with Crippen molar-refractivity contribution >= 4 is 11.6 Å². The van der Waals surface area contributed by atoms with Crippen LogP contribution in [0.1, 0.15) is 29.7 Å². The van der Waals surface area contributed by atoms with Crippen molar-refractivity contribution in [2.75, 3.05) is 13.2 Å². The Morgan fingerprint density at radius 2 is 2.00 bits per heavy atom. The zero-order chi connectivity index (χ0) is 12.3. The van der Waals surface area contributed by atoms with Gasteiger partial charge in [0, 0.05) is 12.6 Å². The molecule has 0 aromatic heterocycles. The van der Waals surface area contributed by atoms with Gasteiger partial charge < -0.3 is 16.2 Å². The third-order valence-electron chi connectivity index (χ3n) is 2.78. The van der Waals surface area contributed by atoms with E-state index in [9.17, 15) is 0 Å². The van der Waals surface area contributed by atoms with Crippen molar-refractivity contribution in [3.05, 3.63) is 27.8 Å². The second-order valence-electron chi connectivity index (χ2n) is 3.80. The van der Waals surface area contributed by atoms with Gasteiger partial charge in [0.15, 0.2) is 0 Å². The second kappa shape index (κ2) is 5.53. The van der Waals surface area contributed by atoms with Gasteiger partial charge in [0.2, 0.25) is 0 Å². The van der Waals surface area contributed by atoms with Gasteiger partial charge >= 0.3 is 0 Å². The van der Waals surface area contributed by atoms with Crippen LogP contribution in [0.3, 0.4) is 0 Å². The fourth-order valence-corrected chi connectivity index (χ4v) is 2.02. The molecule has 0 saturated heterocycles. The Hall–Kier alpha value is -0.770. The SMILES string of the molecule is CCOc1c(Cl)cc(C(N)CN)c(C)c1C. The topological polar surface area (TPSA) is 61.3 Å². The van der Waals surface area contributed by atoms with Crippen LogP contribution in [0.25, 0.3) is 0 Å². The smallest absolute Gasteiger partial charge is 0.141 e. The van der Waals surface area contributed by atoms with E-state index in [4.69, 9.17) is 27.8 Å². The highest BCUT2D eigenvalue weighted by molar-refractivity contribution is 6.32. The molecule has 0 aliphatic rings. The van der Waals surface area contributed by atoms with Crippen LogP contribution in [0.2, 0.25) is 5.02 Å². The van der Waals surface area contributed by atoms with Crippen molar-refractivity contribution in [3.8, 4) is 5.75 Å². The summed E-state index contributed by atoms with van der Waals surface area (Å²) in [6.07, 6.45) is 0. The summed E-state index contributed by atoms with van der Waals surface area (Å²) < 4.78 is 5.51. The minimum atomic E-state index is -0.174. The lowest BCUT2D eigenvalue weighted by Crippen LogP contribution is -2.22. The van der Waals surface area contributed by atoms with E-state index in [0.29, 0.717) is 18.2 Å². The first kappa shape index (κ1) is 13.3. The highest BCUT2D eigenvalue weighted by Gasteiger charge is 2.15. The molecule has 1 aromatic carbocycles. The van der Waals surface area contributed by atoms with Gasteiger partial charge in [0.25, 0.3) is 0 Å². The fourth-order valence-electron chi connectivity index (χ4n) is 1.71. The van der Waals surface area contributed by atoms with Gasteiger partial charge in [-0.25, -0.2) is 0 Å². The van der Waals surface area contributed by atoms with E-state index in [0.717, 1.165) is 22.4 Å². The van der Waals surface area contributed by atoms with Crippen molar-refractivity contribution < 1.29 is 4.74 Å². The Labute approximate surface area is 102 Å². The first-order valence-electron chi connectivity index (χ1n) is 5.40. The predicted molar refractivity (Wildman–Crippen MR) is 68.1 cm³/mol. The summed E-state index contributed by atoms with van der Waals surface area (Å²) in [5.41, 5.74) is 14.6. The molecule has 0 aliphatic carbocycles. The molecule has 4 heteroatoms. The quantitative estimate of drug-likeness (QED) is 0.852. The lowest BCUT2D eigenvalue weighted by Gasteiger charge is -2.18. The summed E-state index contributed by atoms with van der Waals surface area (Å²) in [5.74, 6) is 0.745. The summed E-state index contributed by atoms with van der Waals surface area (Å²) in [6.45, 7) is 6.94. The Morgan fingerprint density at radius 3 is 2.50 bits per heavy atom. The molecule has 1 unspecified atom stereocenters. The van der Waals surface area contributed by atoms with Gasteiger partial charge in [-0.05, 0) is 43.5 Å². The standard InChI is InChI=1S/C12H19ClN2O/c1-4-16-12-8(3)7(2)9(5-10(12)13)11(15)6-14/h5,11H,4,6,14-15H2,1-3H3. The first-order chi connectivity index (χ1) is 7.52. The van der Waals surface area contributed by atoms with Crippen molar-refractivity contribution in [3.63, 3.8) is 0 Å². The number of hydrogen-bond acceptors (Lipinski definition) is 3. The molecule has 0 spiro atoms. The molecule has 4 N–H and O–H groups in total. The number of hydrogen-bond donors (Lipinski definition) is 2. The van der Waals surface area contributed by atoms with Crippen LogP contribution in [0.15, 0.2) is 6.07 Å². The van der Waals surface area contributed by atoms with Crippen molar-refractivity contribution in [2.45, 2.75) is 26.8 Å². The van der Waals surface area contributed by atoms with Gasteiger partial charge in [-0.2, -0.15) is 0 Å². The van der Waals surface area contributed by atoms with E-state index in [1.54, 1.807) is 0 Å². The van der Waals surface area contributed by atoms with E-state index in [1.807, 2.05) is 26.8 Å².